The Morgan fingerprint density at radius 3 is 2.79 bits per heavy atom. The second-order valence-corrected chi connectivity index (χ2v) is 5.36. The zero-order chi connectivity index (χ0) is 14.3. The lowest BCUT2D eigenvalue weighted by Crippen LogP contribution is -2.50. The van der Waals surface area contributed by atoms with Gasteiger partial charge in [0.25, 0.3) is 0 Å². The fourth-order valence-corrected chi connectivity index (χ4v) is 2.73. The third-order valence-electron chi connectivity index (χ3n) is 3.74. The van der Waals surface area contributed by atoms with Crippen LogP contribution in [0.2, 0.25) is 0 Å². The molecule has 0 bridgehead atoms. The number of carbonyl (C=O) groups is 2. The van der Waals surface area contributed by atoms with Gasteiger partial charge in [0.15, 0.2) is 0 Å². The van der Waals surface area contributed by atoms with Crippen molar-refractivity contribution >= 4 is 11.7 Å². The molecule has 4 heteroatoms. The van der Waals surface area contributed by atoms with E-state index in [1.165, 1.54) is 6.42 Å². The van der Waals surface area contributed by atoms with E-state index in [0.29, 0.717) is 13.0 Å². The van der Waals surface area contributed by atoms with Gasteiger partial charge in [0.1, 0.15) is 5.78 Å². The van der Waals surface area contributed by atoms with Crippen molar-refractivity contribution in [2.45, 2.75) is 58.0 Å². The molecule has 2 unspecified atom stereocenters. The number of Topliss-reactive ketones (excluding diaryl/α,β-unsaturated/α-hetero) is 1. The largest absolute Gasteiger partial charge is 0.351 e. The first-order chi connectivity index (χ1) is 9.06. The Bertz CT molecular complexity index is 328. The summed E-state index contributed by atoms with van der Waals surface area (Å²) in [5.74, 6) is 0.228. The van der Waals surface area contributed by atoms with Crippen LogP contribution in [0.3, 0.4) is 0 Å². The highest BCUT2D eigenvalue weighted by molar-refractivity contribution is 5.81. The first-order valence-electron chi connectivity index (χ1n) is 7.20. The maximum absolute atomic E-state index is 12.1. The Morgan fingerprint density at radius 1 is 1.42 bits per heavy atom. The molecule has 2 atom stereocenters. The van der Waals surface area contributed by atoms with Gasteiger partial charge in [-0.2, -0.15) is 0 Å². The van der Waals surface area contributed by atoms with Crippen molar-refractivity contribution < 1.29 is 9.59 Å². The van der Waals surface area contributed by atoms with E-state index in [9.17, 15) is 9.59 Å². The number of amides is 1. The minimum atomic E-state index is -0.178. The molecule has 19 heavy (non-hydrogen) atoms. The van der Waals surface area contributed by atoms with E-state index in [2.05, 4.69) is 16.8 Å². The van der Waals surface area contributed by atoms with E-state index in [1.54, 1.807) is 13.0 Å². The molecule has 1 aliphatic heterocycles. The van der Waals surface area contributed by atoms with Crippen molar-refractivity contribution in [2.24, 2.45) is 0 Å². The molecule has 4 nitrogen and oxygen atoms in total. The van der Waals surface area contributed by atoms with Crippen LogP contribution in [0, 0.1) is 0 Å². The molecule has 0 aromatic rings. The topological polar surface area (TPSA) is 49.4 Å². The SMILES string of the molecule is C=CCNC(=O)C(C)N1CCCCCC1CC(C)=O. The summed E-state index contributed by atoms with van der Waals surface area (Å²) in [5, 5.41) is 2.84. The van der Waals surface area contributed by atoms with Gasteiger partial charge < -0.3 is 5.32 Å². The molecule has 0 aromatic heterocycles. The van der Waals surface area contributed by atoms with E-state index < -0.39 is 0 Å². The van der Waals surface area contributed by atoms with Gasteiger partial charge in [0, 0.05) is 19.0 Å². The minimum Gasteiger partial charge on any atom is -0.351 e. The predicted octanol–water partition coefficient (Wildman–Crippen LogP) is 1.90. The first-order valence-corrected chi connectivity index (χ1v) is 7.20. The fraction of sp³-hybridized carbons (Fsp3) is 0.733. The van der Waals surface area contributed by atoms with Crippen molar-refractivity contribution in [3.63, 3.8) is 0 Å². The summed E-state index contributed by atoms with van der Waals surface area (Å²) in [7, 11) is 0. The number of ketones is 1. The monoisotopic (exact) mass is 266 g/mol. The van der Waals surface area contributed by atoms with Gasteiger partial charge in [-0.25, -0.2) is 0 Å². The number of rotatable bonds is 6. The number of carbonyl (C=O) groups excluding carboxylic acids is 2. The van der Waals surface area contributed by atoms with Crippen LogP contribution in [0.5, 0.6) is 0 Å². The second kappa shape index (κ2) is 8.10. The highest BCUT2D eigenvalue weighted by Crippen LogP contribution is 2.22. The van der Waals surface area contributed by atoms with E-state index in [-0.39, 0.29) is 23.8 Å². The molecule has 0 aromatic carbocycles. The Kier molecular flexibility index (Phi) is 6.78. The smallest absolute Gasteiger partial charge is 0.237 e. The molecule has 0 saturated carbocycles. The Balaban J connectivity index is 2.69. The summed E-state index contributed by atoms with van der Waals surface area (Å²) in [5.41, 5.74) is 0. The first kappa shape index (κ1) is 15.9. The number of nitrogens with zero attached hydrogens (tertiary/aromatic N) is 1. The maximum atomic E-state index is 12.1. The van der Waals surface area contributed by atoms with Gasteiger partial charge in [0.2, 0.25) is 5.91 Å². The molecule has 0 aliphatic carbocycles. The van der Waals surface area contributed by atoms with Gasteiger partial charge in [-0.3, -0.25) is 14.5 Å². The molecule has 1 fully saturated rings. The zero-order valence-electron chi connectivity index (χ0n) is 12.2. The molecule has 1 heterocycles. The van der Waals surface area contributed by atoms with Crippen LogP contribution < -0.4 is 5.32 Å². The van der Waals surface area contributed by atoms with E-state index in [0.717, 1.165) is 25.8 Å². The molecule has 0 spiro atoms. The van der Waals surface area contributed by atoms with Crippen LogP contribution in [0.4, 0.5) is 0 Å². The molecule has 1 amide bonds. The molecule has 0 radical (unpaired) electrons. The standard InChI is InChI=1S/C15H26N2O2/c1-4-9-16-15(19)13(3)17-10-7-5-6-8-14(17)11-12(2)18/h4,13-14H,1,5-11H2,2-3H3,(H,16,19). The zero-order valence-corrected chi connectivity index (χ0v) is 12.2. The maximum Gasteiger partial charge on any atom is 0.237 e. The lowest BCUT2D eigenvalue weighted by atomic mass is 10.0. The summed E-state index contributed by atoms with van der Waals surface area (Å²) in [4.78, 5) is 25.7. The van der Waals surface area contributed by atoms with Crippen LogP contribution in [0.15, 0.2) is 12.7 Å². The van der Waals surface area contributed by atoms with Gasteiger partial charge in [-0.05, 0) is 33.2 Å². The predicted molar refractivity (Wildman–Crippen MR) is 76.9 cm³/mol. The summed E-state index contributed by atoms with van der Waals surface area (Å²) in [6, 6.07) is 0.0341. The normalized spacial score (nSPS) is 22.3. The third-order valence-corrected chi connectivity index (χ3v) is 3.74. The van der Waals surface area contributed by atoms with Gasteiger partial charge >= 0.3 is 0 Å². The Hall–Kier alpha value is -1.16. The van der Waals surface area contributed by atoms with Crippen LogP contribution in [0.25, 0.3) is 0 Å². The van der Waals surface area contributed by atoms with Crippen LogP contribution in [-0.2, 0) is 9.59 Å². The van der Waals surface area contributed by atoms with Crippen LogP contribution in [-0.4, -0.2) is 41.8 Å². The van der Waals surface area contributed by atoms with E-state index >= 15 is 0 Å². The third kappa shape index (κ3) is 5.15. The summed E-state index contributed by atoms with van der Waals surface area (Å²) >= 11 is 0. The van der Waals surface area contributed by atoms with Crippen molar-refractivity contribution in [2.75, 3.05) is 13.1 Å². The van der Waals surface area contributed by atoms with Crippen molar-refractivity contribution in [3.8, 4) is 0 Å². The lowest BCUT2D eigenvalue weighted by molar-refractivity contribution is -0.128. The quantitative estimate of drug-likeness (QED) is 0.747. The minimum absolute atomic E-state index is 0.0235. The molecular weight excluding hydrogens is 240 g/mol. The highest BCUT2D eigenvalue weighted by atomic mass is 16.2. The molecule has 108 valence electrons. The van der Waals surface area contributed by atoms with Gasteiger partial charge in [-0.15, -0.1) is 6.58 Å². The molecular formula is C15H26N2O2. The van der Waals surface area contributed by atoms with Crippen molar-refractivity contribution in [3.05, 3.63) is 12.7 Å². The molecule has 1 rings (SSSR count). The van der Waals surface area contributed by atoms with Crippen LogP contribution >= 0.6 is 0 Å². The van der Waals surface area contributed by atoms with Gasteiger partial charge in [-0.1, -0.05) is 18.9 Å². The van der Waals surface area contributed by atoms with Crippen LogP contribution in [0.1, 0.15) is 46.0 Å². The average molecular weight is 266 g/mol. The lowest BCUT2D eigenvalue weighted by Gasteiger charge is -2.33. The van der Waals surface area contributed by atoms with Crippen molar-refractivity contribution in [1.82, 2.24) is 10.2 Å². The van der Waals surface area contributed by atoms with Crippen molar-refractivity contribution in [1.29, 1.82) is 0 Å². The van der Waals surface area contributed by atoms with E-state index in [4.69, 9.17) is 0 Å². The molecule has 1 saturated heterocycles. The Labute approximate surface area is 116 Å². The number of hydrogen-bond donors (Lipinski definition) is 1. The second-order valence-electron chi connectivity index (χ2n) is 5.36. The summed E-state index contributed by atoms with van der Waals surface area (Å²) in [6.45, 7) is 8.56. The Morgan fingerprint density at radius 2 is 2.16 bits per heavy atom. The number of hydrogen-bond acceptors (Lipinski definition) is 3. The average Bonchev–Trinajstić information content (AvgIpc) is 2.59. The number of nitrogens with one attached hydrogen (secondary N) is 1. The summed E-state index contributed by atoms with van der Waals surface area (Å²) < 4.78 is 0. The van der Waals surface area contributed by atoms with Gasteiger partial charge in [0.05, 0.1) is 6.04 Å². The van der Waals surface area contributed by atoms with E-state index in [1.807, 2.05) is 6.92 Å². The molecule has 1 N–H and O–H groups in total. The highest BCUT2D eigenvalue weighted by Gasteiger charge is 2.29. The number of likely N-dealkylation sites (tertiary alicyclic amines) is 1. The summed E-state index contributed by atoms with van der Waals surface area (Å²) in [6.07, 6.45) is 6.69. The molecule has 1 aliphatic rings. The fourth-order valence-electron chi connectivity index (χ4n) is 2.73.